The summed E-state index contributed by atoms with van der Waals surface area (Å²) in [7, 11) is -3.38. The Bertz CT molecular complexity index is 431. The van der Waals surface area contributed by atoms with Crippen LogP contribution in [0.4, 0.5) is 0 Å². The van der Waals surface area contributed by atoms with Gasteiger partial charge in [0.05, 0.1) is 5.56 Å². The molecule has 0 bridgehead atoms. The molecule has 0 radical (unpaired) electrons. The zero-order valence-electron chi connectivity index (χ0n) is 6.35. The fraction of sp³-hybridized carbons (Fsp3) is 0.143. The van der Waals surface area contributed by atoms with Crippen LogP contribution >= 0.6 is 0 Å². The second kappa shape index (κ2) is 2.91. The Kier molecular flexibility index (Phi) is 2.11. The minimum absolute atomic E-state index is 0.0833. The molecule has 0 saturated heterocycles. The summed E-state index contributed by atoms with van der Waals surface area (Å²) in [6, 6.07) is 4.70. The summed E-state index contributed by atoms with van der Waals surface area (Å²) in [6.07, 6.45) is 2.37. The number of pyridine rings is 1. The van der Waals surface area contributed by atoms with Crippen molar-refractivity contribution in [2.75, 3.05) is 6.26 Å². The molecule has 0 atom stereocenters. The van der Waals surface area contributed by atoms with E-state index in [-0.39, 0.29) is 10.6 Å². The molecule has 1 rings (SSSR count). The van der Waals surface area contributed by atoms with Crippen molar-refractivity contribution in [3.05, 3.63) is 23.9 Å². The number of aromatic nitrogens is 1. The number of hydrogen-bond acceptors (Lipinski definition) is 4. The first-order chi connectivity index (χ1) is 5.55. The summed E-state index contributed by atoms with van der Waals surface area (Å²) < 4.78 is 22.0. The molecule has 0 aromatic carbocycles. The van der Waals surface area contributed by atoms with Gasteiger partial charge in [-0.1, -0.05) is 0 Å². The number of sulfone groups is 1. The van der Waals surface area contributed by atoms with E-state index in [1.165, 1.54) is 18.3 Å². The number of nitrogens with zero attached hydrogens (tertiary/aromatic N) is 2. The Balaban J connectivity index is 3.47. The normalized spacial score (nSPS) is 10.7. The van der Waals surface area contributed by atoms with E-state index in [9.17, 15) is 8.42 Å². The maximum Gasteiger partial charge on any atom is 0.194 e. The standard InChI is InChI=1S/C7H6N2O2S/c1-12(10,11)7-6(5-8)3-2-4-9-7/h2-4H,1H3. The predicted molar refractivity (Wildman–Crippen MR) is 42.1 cm³/mol. The van der Waals surface area contributed by atoms with Crippen LogP contribution in [0.2, 0.25) is 0 Å². The minimum atomic E-state index is -3.38. The molecule has 0 unspecified atom stereocenters. The Hall–Kier alpha value is -1.41. The van der Waals surface area contributed by atoms with E-state index in [1.54, 1.807) is 6.07 Å². The van der Waals surface area contributed by atoms with Gasteiger partial charge in [0.2, 0.25) is 0 Å². The van der Waals surface area contributed by atoms with Crippen LogP contribution in [0, 0.1) is 11.3 Å². The largest absolute Gasteiger partial charge is 0.243 e. The van der Waals surface area contributed by atoms with Gasteiger partial charge in [0, 0.05) is 12.5 Å². The second-order valence-corrected chi connectivity index (χ2v) is 4.17. The summed E-state index contributed by atoms with van der Waals surface area (Å²) >= 11 is 0. The summed E-state index contributed by atoms with van der Waals surface area (Å²) in [5.41, 5.74) is 0.0833. The van der Waals surface area contributed by atoms with E-state index < -0.39 is 9.84 Å². The van der Waals surface area contributed by atoms with E-state index in [0.29, 0.717) is 0 Å². The van der Waals surface area contributed by atoms with Crippen LogP contribution < -0.4 is 0 Å². The van der Waals surface area contributed by atoms with Crippen LogP contribution in [-0.2, 0) is 9.84 Å². The van der Waals surface area contributed by atoms with E-state index in [0.717, 1.165) is 6.26 Å². The molecular formula is C7H6N2O2S. The van der Waals surface area contributed by atoms with E-state index >= 15 is 0 Å². The molecule has 0 amide bonds. The van der Waals surface area contributed by atoms with Crippen LogP contribution in [0.15, 0.2) is 23.4 Å². The van der Waals surface area contributed by atoms with Gasteiger partial charge in [0.1, 0.15) is 6.07 Å². The zero-order valence-corrected chi connectivity index (χ0v) is 7.17. The SMILES string of the molecule is CS(=O)(=O)c1ncccc1C#N. The first kappa shape index (κ1) is 8.68. The van der Waals surface area contributed by atoms with Crippen molar-refractivity contribution in [1.82, 2.24) is 4.98 Å². The Morgan fingerprint density at radius 2 is 2.25 bits per heavy atom. The third-order valence-corrected chi connectivity index (χ3v) is 2.27. The van der Waals surface area contributed by atoms with Crippen molar-refractivity contribution >= 4 is 9.84 Å². The van der Waals surface area contributed by atoms with Crippen LogP contribution in [0.1, 0.15) is 5.56 Å². The highest BCUT2D eigenvalue weighted by atomic mass is 32.2. The predicted octanol–water partition coefficient (Wildman–Crippen LogP) is 0.357. The van der Waals surface area contributed by atoms with Gasteiger partial charge in [0.15, 0.2) is 14.9 Å². The van der Waals surface area contributed by atoms with Crippen molar-refractivity contribution in [3.8, 4) is 6.07 Å². The van der Waals surface area contributed by atoms with E-state index in [1.807, 2.05) is 0 Å². The maximum atomic E-state index is 11.0. The highest BCUT2D eigenvalue weighted by molar-refractivity contribution is 7.90. The monoisotopic (exact) mass is 182 g/mol. The molecule has 12 heavy (non-hydrogen) atoms. The Morgan fingerprint density at radius 3 is 2.67 bits per heavy atom. The topological polar surface area (TPSA) is 70.8 Å². The molecule has 5 heteroatoms. The highest BCUT2D eigenvalue weighted by Gasteiger charge is 2.13. The van der Waals surface area contributed by atoms with Gasteiger partial charge in [-0.25, -0.2) is 13.4 Å². The van der Waals surface area contributed by atoms with E-state index in [2.05, 4.69) is 4.98 Å². The van der Waals surface area contributed by atoms with Crippen molar-refractivity contribution < 1.29 is 8.42 Å². The van der Waals surface area contributed by atoms with Crippen molar-refractivity contribution in [2.24, 2.45) is 0 Å². The first-order valence-corrected chi connectivity index (χ1v) is 5.00. The van der Waals surface area contributed by atoms with Crippen LogP contribution in [0.5, 0.6) is 0 Å². The molecule has 0 spiro atoms. The lowest BCUT2D eigenvalue weighted by Crippen LogP contribution is -2.02. The molecule has 0 N–H and O–H groups in total. The summed E-state index contributed by atoms with van der Waals surface area (Å²) in [6.45, 7) is 0. The highest BCUT2D eigenvalue weighted by Crippen LogP contribution is 2.09. The number of nitriles is 1. The second-order valence-electron chi connectivity index (χ2n) is 2.24. The van der Waals surface area contributed by atoms with Crippen molar-refractivity contribution in [1.29, 1.82) is 5.26 Å². The molecule has 0 aliphatic heterocycles. The molecule has 62 valence electrons. The minimum Gasteiger partial charge on any atom is -0.243 e. The molecule has 0 saturated carbocycles. The van der Waals surface area contributed by atoms with Crippen molar-refractivity contribution in [3.63, 3.8) is 0 Å². The fourth-order valence-electron chi connectivity index (χ4n) is 0.771. The van der Waals surface area contributed by atoms with Crippen LogP contribution in [0.3, 0.4) is 0 Å². The van der Waals surface area contributed by atoms with Gasteiger partial charge in [-0.15, -0.1) is 0 Å². The lowest BCUT2D eigenvalue weighted by Gasteiger charge is -1.97. The van der Waals surface area contributed by atoms with Gasteiger partial charge in [-0.3, -0.25) is 0 Å². The average molecular weight is 182 g/mol. The van der Waals surface area contributed by atoms with Crippen molar-refractivity contribution in [2.45, 2.75) is 5.03 Å². The lowest BCUT2D eigenvalue weighted by atomic mass is 10.3. The molecule has 0 aliphatic rings. The summed E-state index contributed by atoms with van der Waals surface area (Å²) in [5.74, 6) is 0. The van der Waals surface area contributed by atoms with Gasteiger partial charge in [-0.05, 0) is 12.1 Å². The molecular weight excluding hydrogens is 176 g/mol. The van der Waals surface area contributed by atoms with Gasteiger partial charge < -0.3 is 0 Å². The molecule has 1 aromatic rings. The zero-order chi connectivity index (χ0) is 9.19. The third kappa shape index (κ3) is 1.60. The van der Waals surface area contributed by atoms with Gasteiger partial charge in [0.25, 0.3) is 0 Å². The Morgan fingerprint density at radius 1 is 1.58 bits per heavy atom. The fourth-order valence-corrected chi connectivity index (χ4v) is 1.54. The molecule has 1 aromatic heterocycles. The van der Waals surface area contributed by atoms with Crippen LogP contribution in [-0.4, -0.2) is 19.7 Å². The lowest BCUT2D eigenvalue weighted by molar-refractivity contribution is 0.598. The third-order valence-electron chi connectivity index (χ3n) is 1.24. The first-order valence-electron chi connectivity index (χ1n) is 3.11. The molecule has 0 aliphatic carbocycles. The van der Waals surface area contributed by atoms with Gasteiger partial charge >= 0.3 is 0 Å². The van der Waals surface area contributed by atoms with Crippen LogP contribution in [0.25, 0.3) is 0 Å². The average Bonchev–Trinajstić information content (AvgIpc) is 2.03. The molecule has 1 heterocycles. The Labute approximate surface area is 70.4 Å². The molecule has 4 nitrogen and oxygen atoms in total. The van der Waals surface area contributed by atoms with Gasteiger partial charge in [-0.2, -0.15) is 5.26 Å². The summed E-state index contributed by atoms with van der Waals surface area (Å²) in [5, 5.41) is 8.37. The summed E-state index contributed by atoms with van der Waals surface area (Å²) in [4.78, 5) is 3.61. The quantitative estimate of drug-likeness (QED) is 0.628. The van der Waals surface area contributed by atoms with E-state index in [4.69, 9.17) is 5.26 Å². The maximum absolute atomic E-state index is 11.0. The molecule has 0 fully saturated rings. The number of hydrogen-bond donors (Lipinski definition) is 0. The number of rotatable bonds is 1. The smallest absolute Gasteiger partial charge is 0.194 e.